The Bertz CT molecular complexity index is 414. The van der Waals surface area contributed by atoms with Crippen molar-refractivity contribution >= 4 is 34.8 Å². The maximum Gasteiger partial charge on any atom is 0.263 e. The molecule has 92 valence electrons. The molecule has 0 atom stereocenters. The second-order valence-electron chi connectivity index (χ2n) is 4.28. The maximum atomic E-state index is 12.1. The van der Waals surface area contributed by atoms with Crippen molar-refractivity contribution in [3.05, 3.63) is 29.8 Å². The van der Waals surface area contributed by atoms with Gasteiger partial charge in [0.15, 0.2) is 4.33 Å². The molecule has 1 amide bonds. The predicted octanol–water partition coefficient (Wildman–Crippen LogP) is 3.55. The van der Waals surface area contributed by atoms with Crippen molar-refractivity contribution in [2.75, 3.05) is 11.4 Å². The number of benzene rings is 1. The molecule has 2 nitrogen and oxygen atoms in total. The van der Waals surface area contributed by atoms with Gasteiger partial charge in [-0.25, -0.2) is 0 Å². The van der Waals surface area contributed by atoms with Crippen molar-refractivity contribution in [3.63, 3.8) is 0 Å². The van der Waals surface area contributed by atoms with E-state index in [9.17, 15) is 4.79 Å². The second-order valence-corrected chi connectivity index (χ2v) is 5.77. The molecule has 0 saturated carbocycles. The highest BCUT2D eigenvalue weighted by molar-refractivity contribution is 6.59. The van der Waals surface area contributed by atoms with Crippen molar-refractivity contribution in [3.8, 4) is 0 Å². The Kier molecular flexibility index (Phi) is 3.64. The Balaban J connectivity index is 2.23. The number of nitrogens with zero attached hydrogens (tertiary/aromatic N) is 1. The van der Waals surface area contributed by atoms with Crippen LogP contribution >= 0.6 is 23.2 Å². The average molecular weight is 272 g/mol. The number of halogens is 2. The number of amides is 1. The lowest BCUT2D eigenvalue weighted by atomic mass is 10.1. The first-order valence-electron chi connectivity index (χ1n) is 5.83. The average Bonchev–Trinajstić information content (AvgIpc) is 2.33. The molecule has 1 aromatic carbocycles. The summed E-state index contributed by atoms with van der Waals surface area (Å²) in [7, 11) is 0. The summed E-state index contributed by atoms with van der Waals surface area (Å²) in [6, 6.07) is 7.96. The fourth-order valence-corrected chi connectivity index (χ4v) is 2.49. The highest BCUT2D eigenvalue weighted by atomic mass is 35.5. The van der Waals surface area contributed by atoms with Crippen LogP contribution in [0.2, 0.25) is 0 Å². The molecule has 0 radical (unpaired) electrons. The number of hydrogen-bond donors (Lipinski definition) is 0. The molecular formula is C13H15Cl2NO. The first kappa shape index (κ1) is 12.7. The summed E-state index contributed by atoms with van der Waals surface area (Å²) in [6.45, 7) is 2.79. The highest BCUT2D eigenvalue weighted by Crippen LogP contribution is 2.35. The minimum Gasteiger partial charge on any atom is -0.310 e. The second kappa shape index (κ2) is 4.87. The van der Waals surface area contributed by atoms with E-state index in [1.165, 1.54) is 5.56 Å². The van der Waals surface area contributed by atoms with Gasteiger partial charge < -0.3 is 4.90 Å². The third-order valence-corrected chi connectivity index (χ3v) is 3.79. The van der Waals surface area contributed by atoms with E-state index in [0.717, 1.165) is 18.5 Å². The summed E-state index contributed by atoms with van der Waals surface area (Å²) in [5.41, 5.74) is 2.12. The molecule has 1 fully saturated rings. The number of rotatable bonds is 2. The lowest BCUT2D eigenvalue weighted by Gasteiger charge is -2.34. The van der Waals surface area contributed by atoms with Crippen LogP contribution in [0.1, 0.15) is 25.3 Å². The van der Waals surface area contributed by atoms with Gasteiger partial charge in [-0.05, 0) is 37.0 Å². The number of aryl methyl sites for hydroxylation is 1. The van der Waals surface area contributed by atoms with E-state index in [4.69, 9.17) is 23.2 Å². The first-order chi connectivity index (χ1) is 8.04. The largest absolute Gasteiger partial charge is 0.310 e. The van der Waals surface area contributed by atoms with Gasteiger partial charge >= 0.3 is 0 Å². The molecule has 0 bridgehead atoms. The number of carbonyl (C=O) groups is 1. The zero-order valence-electron chi connectivity index (χ0n) is 9.75. The lowest BCUT2D eigenvalue weighted by Crippen LogP contribution is -2.47. The third-order valence-electron chi connectivity index (χ3n) is 3.09. The predicted molar refractivity (Wildman–Crippen MR) is 71.8 cm³/mol. The van der Waals surface area contributed by atoms with Crippen LogP contribution in [0.5, 0.6) is 0 Å². The molecule has 0 N–H and O–H groups in total. The SMILES string of the molecule is CCc1ccc(N2CCCC(Cl)(Cl)C2=O)cc1. The molecule has 1 saturated heterocycles. The van der Waals surface area contributed by atoms with Gasteiger partial charge in [0.25, 0.3) is 5.91 Å². The van der Waals surface area contributed by atoms with E-state index in [-0.39, 0.29) is 5.91 Å². The summed E-state index contributed by atoms with van der Waals surface area (Å²) in [4.78, 5) is 13.7. The number of alkyl halides is 2. The normalized spacial score (nSPS) is 19.5. The third kappa shape index (κ3) is 2.58. The number of piperidine rings is 1. The molecule has 17 heavy (non-hydrogen) atoms. The van der Waals surface area contributed by atoms with Crippen LogP contribution < -0.4 is 4.90 Å². The van der Waals surface area contributed by atoms with Gasteiger partial charge in [0.1, 0.15) is 0 Å². The van der Waals surface area contributed by atoms with E-state index in [0.29, 0.717) is 13.0 Å². The molecule has 2 rings (SSSR count). The van der Waals surface area contributed by atoms with Crippen LogP contribution in [0.3, 0.4) is 0 Å². The topological polar surface area (TPSA) is 20.3 Å². The zero-order chi connectivity index (χ0) is 12.5. The van der Waals surface area contributed by atoms with Crippen molar-refractivity contribution in [1.82, 2.24) is 0 Å². The molecule has 4 heteroatoms. The Hall–Kier alpha value is -0.730. The molecule has 1 heterocycles. The van der Waals surface area contributed by atoms with Crippen LogP contribution in [-0.2, 0) is 11.2 Å². The summed E-state index contributed by atoms with van der Waals surface area (Å²) in [5.74, 6) is -0.212. The summed E-state index contributed by atoms with van der Waals surface area (Å²) in [5, 5.41) is 0. The van der Waals surface area contributed by atoms with Gasteiger partial charge in [-0.15, -0.1) is 0 Å². The van der Waals surface area contributed by atoms with Gasteiger partial charge in [0.05, 0.1) is 0 Å². The van der Waals surface area contributed by atoms with Crippen LogP contribution in [-0.4, -0.2) is 16.8 Å². The van der Waals surface area contributed by atoms with Crippen LogP contribution in [0, 0.1) is 0 Å². The summed E-state index contributed by atoms with van der Waals surface area (Å²) in [6.07, 6.45) is 2.34. The van der Waals surface area contributed by atoms with E-state index >= 15 is 0 Å². The first-order valence-corrected chi connectivity index (χ1v) is 6.59. The molecule has 0 unspecified atom stereocenters. The zero-order valence-corrected chi connectivity index (χ0v) is 11.3. The van der Waals surface area contributed by atoms with Crippen molar-refractivity contribution in [2.45, 2.75) is 30.5 Å². The Labute approximate surface area is 112 Å². The summed E-state index contributed by atoms with van der Waals surface area (Å²) >= 11 is 12.0. The molecule has 0 spiro atoms. The molecule has 1 aliphatic rings. The van der Waals surface area contributed by atoms with Gasteiger partial charge in [-0.3, -0.25) is 4.79 Å². The number of anilines is 1. The molecule has 1 aromatic rings. The molecule has 1 aliphatic heterocycles. The Morgan fingerprint density at radius 1 is 1.29 bits per heavy atom. The van der Waals surface area contributed by atoms with E-state index in [1.54, 1.807) is 4.90 Å². The summed E-state index contributed by atoms with van der Waals surface area (Å²) < 4.78 is -1.26. The van der Waals surface area contributed by atoms with Crippen LogP contribution in [0.4, 0.5) is 5.69 Å². The minimum absolute atomic E-state index is 0.212. The van der Waals surface area contributed by atoms with Gasteiger partial charge in [-0.2, -0.15) is 0 Å². The fraction of sp³-hybridized carbons (Fsp3) is 0.462. The molecular weight excluding hydrogens is 257 g/mol. The van der Waals surface area contributed by atoms with Crippen LogP contribution in [0.15, 0.2) is 24.3 Å². The number of hydrogen-bond acceptors (Lipinski definition) is 1. The van der Waals surface area contributed by atoms with E-state index < -0.39 is 4.33 Å². The van der Waals surface area contributed by atoms with Gasteiger partial charge in [-0.1, -0.05) is 42.3 Å². The quantitative estimate of drug-likeness (QED) is 0.754. The highest BCUT2D eigenvalue weighted by Gasteiger charge is 2.40. The van der Waals surface area contributed by atoms with Crippen molar-refractivity contribution in [1.29, 1.82) is 0 Å². The Morgan fingerprint density at radius 3 is 2.53 bits per heavy atom. The molecule has 0 aliphatic carbocycles. The van der Waals surface area contributed by atoms with E-state index in [1.807, 2.05) is 24.3 Å². The fourth-order valence-electron chi connectivity index (χ4n) is 2.02. The van der Waals surface area contributed by atoms with Gasteiger partial charge in [0, 0.05) is 12.2 Å². The van der Waals surface area contributed by atoms with E-state index in [2.05, 4.69) is 6.92 Å². The maximum absolute atomic E-state index is 12.1. The number of carbonyl (C=O) groups excluding carboxylic acids is 1. The van der Waals surface area contributed by atoms with Crippen molar-refractivity contribution in [2.24, 2.45) is 0 Å². The smallest absolute Gasteiger partial charge is 0.263 e. The Morgan fingerprint density at radius 2 is 1.94 bits per heavy atom. The monoisotopic (exact) mass is 271 g/mol. The lowest BCUT2D eigenvalue weighted by molar-refractivity contribution is -0.120. The van der Waals surface area contributed by atoms with Gasteiger partial charge in [0.2, 0.25) is 0 Å². The molecule has 0 aromatic heterocycles. The standard InChI is InChI=1S/C13H15Cl2NO/c1-2-10-4-6-11(7-5-10)16-9-3-8-13(14,15)12(16)17/h4-7H,2-3,8-9H2,1H3. The minimum atomic E-state index is -1.26. The van der Waals surface area contributed by atoms with Crippen LogP contribution in [0.25, 0.3) is 0 Å². The van der Waals surface area contributed by atoms with Crippen molar-refractivity contribution < 1.29 is 4.79 Å².